The molecule has 5 nitrogen and oxygen atoms in total. The molecule has 0 aromatic heterocycles. The molecular formula is C36H45N3O2Si2. The Hall–Kier alpha value is -4.04. The zero-order chi connectivity index (χ0) is 31.1. The molecule has 0 unspecified atom stereocenters. The molecule has 0 bridgehead atoms. The minimum atomic E-state index is -1.65. The van der Waals surface area contributed by atoms with Crippen molar-refractivity contribution in [1.29, 1.82) is 0 Å². The maximum Gasteiger partial charge on any atom is 0.242 e. The second kappa shape index (κ2) is 16.6. The Morgan fingerprint density at radius 2 is 1.07 bits per heavy atom. The van der Waals surface area contributed by atoms with Gasteiger partial charge in [0.2, 0.25) is 16.6 Å². The molecule has 0 atom stereocenters. The lowest BCUT2D eigenvalue weighted by atomic mass is 10.1. The number of benzene rings is 4. The fourth-order valence-corrected chi connectivity index (χ4v) is 5.63. The first kappa shape index (κ1) is 33.5. The van der Waals surface area contributed by atoms with E-state index in [9.17, 15) is 0 Å². The highest BCUT2D eigenvalue weighted by Crippen LogP contribution is 2.30. The Kier molecular flexibility index (Phi) is 12.9. The Labute approximate surface area is 260 Å². The molecule has 224 valence electrons. The summed E-state index contributed by atoms with van der Waals surface area (Å²) in [5.74, 6) is 1.71. The summed E-state index contributed by atoms with van der Waals surface area (Å²) in [6.45, 7) is 15.7. The highest BCUT2D eigenvalue weighted by Gasteiger charge is 2.18. The number of hydrogen-bond donors (Lipinski definition) is 0. The molecule has 0 spiro atoms. The number of nitrogens with zero attached hydrogens (tertiary/aromatic N) is 3. The Bertz CT molecular complexity index is 1500. The van der Waals surface area contributed by atoms with E-state index in [1.54, 1.807) is 0 Å². The van der Waals surface area contributed by atoms with Crippen LogP contribution in [0, 0.1) is 0 Å². The SMILES string of the molecule is CC(CCc1ccccc1)=Nc1ccccc1O[Si](C)(C)C.C[Si](C)(C)Oc1ccccc1N=C=NCc1ccccc1. The zero-order valence-corrected chi connectivity index (χ0v) is 28.7. The second-order valence-electron chi connectivity index (χ2n) is 12.2. The Morgan fingerprint density at radius 1 is 0.605 bits per heavy atom. The van der Waals surface area contributed by atoms with Crippen molar-refractivity contribution in [3.8, 4) is 11.5 Å². The maximum atomic E-state index is 6.13. The third-order valence-electron chi connectivity index (χ3n) is 5.84. The molecule has 0 N–H and O–H groups in total. The average molecular weight is 608 g/mol. The normalized spacial score (nSPS) is 11.5. The van der Waals surface area contributed by atoms with Gasteiger partial charge >= 0.3 is 0 Å². The molecule has 0 aliphatic rings. The third kappa shape index (κ3) is 13.7. The van der Waals surface area contributed by atoms with Crippen molar-refractivity contribution in [2.24, 2.45) is 15.0 Å². The van der Waals surface area contributed by atoms with Crippen LogP contribution in [0.1, 0.15) is 24.5 Å². The highest BCUT2D eigenvalue weighted by atomic mass is 28.4. The molecule has 43 heavy (non-hydrogen) atoms. The molecule has 0 saturated heterocycles. The molecule has 0 aliphatic carbocycles. The van der Waals surface area contributed by atoms with Crippen LogP contribution in [0.2, 0.25) is 39.3 Å². The first-order valence-electron chi connectivity index (χ1n) is 14.8. The molecule has 0 radical (unpaired) electrons. The predicted molar refractivity (Wildman–Crippen MR) is 188 cm³/mol. The van der Waals surface area contributed by atoms with Crippen LogP contribution in [0.25, 0.3) is 0 Å². The van der Waals surface area contributed by atoms with E-state index >= 15 is 0 Å². The van der Waals surface area contributed by atoms with Gasteiger partial charge in [-0.25, -0.2) is 4.99 Å². The first-order valence-corrected chi connectivity index (χ1v) is 21.6. The van der Waals surface area contributed by atoms with E-state index < -0.39 is 16.6 Å². The topological polar surface area (TPSA) is 55.5 Å². The average Bonchev–Trinajstić information content (AvgIpc) is 2.96. The zero-order valence-electron chi connectivity index (χ0n) is 26.7. The van der Waals surface area contributed by atoms with Crippen LogP contribution < -0.4 is 8.85 Å². The van der Waals surface area contributed by atoms with E-state index in [0.29, 0.717) is 6.54 Å². The fraction of sp³-hybridized carbons (Fsp3) is 0.278. The summed E-state index contributed by atoms with van der Waals surface area (Å²) in [6, 6.07) is 39.2. The van der Waals surface area contributed by atoms with Crippen molar-refractivity contribution in [1.82, 2.24) is 0 Å². The maximum absolute atomic E-state index is 6.13. The quantitative estimate of drug-likeness (QED) is 0.126. The van der Waals surface area contributed by atoms with Crippen LogP contribution in [-0.2, 0) is 13.0 Å². The number of rotatable bonds is 11. The van der Waals surface area contributed by atoms with Gasteiger partial charge in [-0.15, -0.1) is 0 Å². The number of para-hydroxylation sites is 4. The minimum absolute atomic E-state index is 0.585. The van der Waals surface area contributed by atoms with Gasteiger partial charge < -0.3 is 8.85 Å². The molecule has 0 heterocycles. The van der Waals surface area contributed by atoms with Gasteiger partial charge in [0.15, 0.2) is 0 Å². The van der Waals surface area contributed by atoms with Crippen molar-refractivity contribution in [2.45, 2.75) is 65.6 Å². The van der Waals surface area contributed by atoms with Gasteiger partial charge in [0.1, 0.15) is 22.9 Å². The van der Waals surface area contributed by atoms with E-state index in [0.717, 1.165) is 47.0 Å². The summed E-state index contributed by atoms with van der Waals surface area (Å²) in [4.78, 5) is 13.3. The third-order valence-corrected chi connectivity index (χ3v) is 7.50. The fourth-order valence-electron chi connectivity index (χ4n) is 3.96. The van der Waals surface area contributed by atoms with Crippen molar-refractivity contribution < 1.29 is 8.85 Å². The van der Waals surface area contributed by atoms with Crippen LogP contribution in [0.5, 0.6) is 11.5 Å². The lowest BCUT2D eigenvalue weighted by molar-refractivity contribution is 0.558. The van der Waals surface area contributed by atoms with Crippen LogP contribution in [-0.4, -0.2) is 28.4 Å². The molecule has 0 fully saturated rings. The summed E-state index contributed by atoms with van der Waals surface area (Å²) in [5, 5.41) is 0. The lowest BCUT2D eigenvalue weighted by Crippen LogP contribution is -2.29. The monoisotopic (exact) mass is 607 g/mol. The van der Waals surface area contributed by atoms with Gasteiger partial charge in [-0.3, -0.25) is 4.99 Å². The van der Waals surface area contributed by atoms with Gasteiger partial charge in [0.05, 0.1) is 12.6 Å². The molecule has 4 rings (SSSR count). The number of aliphatic imine (C=N–C) groups is 3. The van der Waals surface area contributed by atoms with E-state index in [-0.39, 0.29) is 0 Å². The number of hydrogen-bond acceptors (Lipinski definition) is 5. The van der Waals surface area contributed by atoms with Gasteiger partial charge in [-0.1, -0.05) is 84.9 Å². The molecule has 4 aromatic carbocycles. The van der Waals surface area contributed by atoms with Crippen molar-refractivity contribution in [3.05, 3.63) is 120 Å². The van der Waals surface area contributed by atoms with Gasteiger partial charge in [0.25, 0.3) is 0 Å². The van der Waals surface area contributed by atoms with Crippen LogP contribution in [0.3, 0.4) is 0 Å². The molecule has 4 aromatic rings. The van der Waals surface area contributed by atoms with E-state index in [2.05, 4.69) is 92.5 Å². The summed E-state index contributed by atoms with van der Waals surface area (Å²) in [5.41, 5.74) is 5.35. The van der Waals surface area contributed by atoms with E-state index in [4.69, 9.17) is 13.8 Å². The van der Waals surface area contributed by atoms with Crippen molar-refractivity contribution in [2.75, 3.05) is 0 Å². The van der Waals surface area contributed by atoms with Crippen molar-refractivity contribution in [3.63, 3.8) is 0 Å². The smallest absolute Gasteiger partial charge is 0.242 e. The molecular weight excluding hydrogens is 563 g/mol. The lowest BCUT2D eigenvalue weighted by Gasteiger charge is -2.20. The highest BCUT2D eigenvalue weighted by molar-refractivity contribution is 6.70. The first-order chi connectivity index (χ1) is 20.5. The number of aryl methyl sites for hydroxylation is 1. The van der Waals surface area contributed by atoms with Crippen LogP contribution in [0.4, 0.5) is 11.4 Å². The van der Waals surface area contributed by atoms with Gasteiger partial charge in [-0.05, 0) is 94.4 Å². The Morgan fingerprint density at radius 3 is 1.63 bits per heavy atom. The summed E-state index contributed by atoms with van der Waals surface area (Å²) >= 11 is 0. The van der Waals surface area contributed by atoms with Crippen molar-refractivity contribution >= 4 is 39.7 Å². The van der Waals surface area contributed by atoms with Gasteiger partial charge in [0, 0.05) is 5.71 Å². The summed E-state index contributed by atoms with van der Waals surface area (Å²) in [6.07, 6.45) is 1.98. The molecule has 0 amide bonds. The molecule has 0 aliphatic heterocycles. The van der Waals surface area contributed by atoms with Gasteiger partial charge in [-0.2, -0.15) is 4.99 Å². The van der Waals surface area contributed by atoms with E-state index in [1.807, 2.05) is 78.9 Å². The minimum Gasteiger partial charge on any atom is -0.543 e. The Balaban J connectivity index is 0.000000236. The standard InChI is InChI=1S/C19H25NOSi.C17H20N2OSi/c1-16(14-15-17-10-6-5-7-11-17)20-18-12-8-9-13-19(18)21-22(2,3)4;1-21(2,3)20-17-12-8-7-11-16(17)19-14-18-13-15-9-5-4-6-10-15/h5-13H,14-15H2,1-4H3;4-12H,13H2,1-3H3. The van der Waals surface area contributed by atoms with E-state index in [1.165, 1.54) is 5.56 Å². The molecule has 0 saturated carbocycles. The van der Waals surface area contributed by atoms with Crippen LogP contribution in [0.15, 0.2) is 124 Å². The summed E-state index contributed by atoms with van der Waals surface area (Å²) in [7, 11) is -3.27. The summed E-state index contributed by atoms with van der Waals surface area (Å²) < 4.78 is 12.1. The predicted octanol–water partition coefficient (Wildman–Crippen LogP) is 10.5. The second-order valence-corrected chi connectivity index (χ2v) is 21.1. The molecule has 7 heteroatoms. The largest absolute Gasteiger partial charge is 0.543 e. The van der Waals surface area contributed by atoms with Crippen LogP contribution >= 0.6 is 0 Å².